The molecule has 0 aromatic heterocycles. The summed E-state index contributed by atoms with van der Waals surface area (Å²) >= 11 is 0. The topological polar surface area (TPSA) is 38.7 Å². The third-order valence-corrected chi connectivity index (χ3v) is 3.37. The predicted molar refractivity (Wildman–Crippen MR) is 87.6 cm³/mol. The van der Waals surface area contributed by atoms with E-state index < -0.39 is 0 Å². The lowest BCUT2D eigenvalue weighted by atomic mass is 9.91. The number of Topliss-reactive ketones (excluding diaryl/α,β-unsaturated/α-hetero) is 1. The van der Waals surface area contributed by atoms with Crippen molar-refractivity contribution in [1.82, 2.24) is 0 Å². The fraction of sp³-hybridized carbons (Fsp3) is 0.556. The van der Waals surface area contributed by atoms with Crippen LogP contribution in [0.25, 0.3) is 0 Å². The molecule has 3 heteroatoms. The van der Waals surface area contributed by atoms with E-state index in [9.17, 15) is 4.79 Å². The summed E-state index contributed by atoms with van der Waals surface area (Å²) in [5.41, 5.74) is 3.08. The van der Waals surface area contributed by atoms with E-state index in [4.69, 9.17) is 4.84 Å². The highest BCUT2D eigenvalue weighted by atomic mass is 16.6. The molecule has 0 amide bonds. The smallest absolute Gasteiger partial charge is 0.138 e. The maximum absolute atomic E-state index is 11.9. The Kier molecular flexibility index (Phi) is 6.60. The molecule has 0 saturated carbocycles. The Hall–Kier alpha value is -1.64. The number of nitrogens with zero attached hydrogens (tertiary/aromatic N) is 1. The predicted octanol–water partition coefficient (Wildman–Crippen LogP) is 4.24. The van der Waals surface area contributed by atoms with E-state index in [2.05, 4.69) is 17.3 Å². The molecule has 116 valence electrons. The summed E-state index contributed by atoms with van der Waals surface area (Å²) < 4.78 is 0. The number of ketones is 1. The summed E-state index contributed by atoms with van der Waals surface area (Å²) in [6.45, 7) is 11.7. The van der Waals surface area contributed by atoms with Crippen LogP contribution in [-0.4, -0.2) is 17.6 Å². The van der Waals surface area contributed by atoms with E-state index in [1.807, 2.05) is 53.7 Å². The van der Waals surface area contributed by atoms with E-state index >= 15 is 0 Å². The Labute approximate surface area is 128 Å². The van der Waals surface area contributed by atoms with Gasteiger partial charge in [0.1, 0.15) is 11.9 Å². The molecule has 0 aliphatic rings. The Morgan fingerprint density at radius 3 is 2.14 bits per heavy atom. The van der Waals surface area contributed by atoms with E-state index in [0.29, 0.717) is 5.78 Å². The summed E-state index contributed by atoms with van der Waals surface area (Å²) in [4.78, 5) is 17.2. The van der Waals surface area contributed by atoms with Gasteiger partial charge in [-0.1, -0.05) is 50.2 Å². The van der Waals surface area contributed by atoms with Gasteiger partial charge in [-0.05, 0) is 38.3 Å². The molecule has 0 aliphatic heterocycles. The van der Waals surface area contributed by atoms with E-state index in [1.165, 1.54) is 5.56 Å². The largest absolute Gasteiger partial charge is 0.393 e. The molecule has 0 heterocycles. The minimum Gasteiger partial charge on any atom is -0.393 e. The highest BCUT2D eigenvalue weighted by Crippen LogP contribution is 2.15. The molecule has 0 fully saturated rings. The van der Waals surface area contributed by atoms with Gasteiger partial charge in [-0.2, -0.15) is 0 Å². The maximum Gasteiger partial charge on any atom is 0.138 e. The number of carbonyl (C=O) groups excluding carboxylic acids is 1. The van der Waals surface area contributed by atoms with Gasteiger partial charge in [0.25, 0.3) is 0 Å². The first kappa shape index (κ1) is 17.4. The van der Waals surface area contributed by atoms with Crippen LogP contribution in [0, 0.1) is 11.8 Å². The van der Waals surface area contributed by atoms with Gasteiger partial charge in [0, 0.05) is 11.8 Å². The van der Waals surface area contributed by atoms with E-state index in [0.717, 1.165) is 17.7 Å². The monoisotopic (exact) mass is 289 g/mol. The zero-order valence-corrected chi connectivity index (χ0v) is 14.0. The van der Waals surface area contributed by atoms with Gasteiger partial charge in [-0.3, -0.25) is 4.79 Å². The zero-order chi connectivity index (χ0) is 16.0. The number of hydrogen-bond acceptors (Lipinski definition) is 3. The van der Waals surface area contributed by atoms with Crippen LogP contribution >= 0.6 is 0 Å². The van der Waals surface area contributed by atoms with Crippen molar-refractivity contribution < 1.29 is 9.63 Å². The number of benzene rings is 1. The van der Waals surface area contributed by atoms with Crippen LogP contribution in [0.3, 0.4) is 0 Å². The van der Waals surface area contributed by atoms with Crippen molar-refractivity contribution in [3.8, 4) is 0 Å². The van der Waals surface area contributed by atoms with Crippen molar-refractivity contribution in [1.29, 1.82) is 0 Å². The average molecular weight is 289 g/mol. The van der Waals surface area contributed by atoms with Crippen LogP contribution in [-0.2, 0) is 16.1 Å². The lowest BCUT2D eigenvalue weighted by molar-refractivity contribution is -0.125. The van der Waals surface area contributed by atoms with Crippen LogP contribution in [0.2, 0.25) is 0 Å². The summed E-state index contributed by atoms with van der Waals surface area (Å²) in [6, 6.07) is 8.19. The van der Waals surface area contributed by atoms with Crippen molar-refractivity contribution >= 4 is 11.5 Å². The van der Waals surface area contributed by atoms with E-state index in [-0.39, 0.29) is 17.9 Å². The van der Waals surface area contributed by atoms with Crippen molar-refractivity contribution in [3.05, 3.63) is 35.4 Å². The standard InChI is InChI=1S/C18H27NO2/c1-12(2)18(20)14(5)11-16-7-9-17(10-8-16)15(6)19-21-13(3)4/h7-10,12-14H,11H2,1-6H3/b19-15-. The molecule has 0 bridgehead atoms. The van der Waals surface area contributed by atoms with Crippen LogP contribution < -0.4 is 0 Å². The van der Waals surface area contributed by atoms with Crippen molar-refractivity contribution in [3.63, 3.8) is 0 Å². The molecule has 0 aliphatic carbocycles. The lowest BCUT2D eigenvalue weighted by Crippen LogP contribution is -2.19. The van der Waals surface area contributed by atoms with Crippen LogP contribution in [0.1, 0.15) is 52.7 Å². The molecule has 1 aromatic rings. The Morgan fingerprint density at radius 2 is 1.67 bits per heavy atom. The Balaban J connectivity index is 2.70. The Bertz CT molecular complexity index is 486. The van der Waals surface area contributed by atoms with Crippen LogP contribution in [0.4, 0.5) is 0 Å². The van der Waals surface area contributed by atoms with Gasteiger partial charge in [0.05, 0.1) is 5.71 Å². The molecule has 0 N–H and O–H groups in total. The lowest BCUT2D eigenvalue weighted by Gasteiger charge is -2.13. The van der Waals surface area contributed by atoms with Gasteiger partial charge in [0.2, 0.25) is 0 Å². The van der Waals surface area contributed by atoms with E-state index in [1.54, 1.807) is 0 Å². The number of hydrogen-bond donors (Lipinski definition) is 0. The molecule has 0 spiro atoms. The summed E-state index contributed by atoms with van der Waals surface area (Å²) in [5, 5.41) is 4.10. The van der Waals surface area contributed by atoms with Gasteiger partial charge >= 0.3 is 0 Å². The molecule has 21 heavy (non-hydrogen) atoms. The number of carbonyl (C=O) groups is 1. The first-order valence-corrected chi connectivity index (χ1v) is 7.64. The van der Waals surface area contributed by atoms with Gasteiger partial charge in [0.15, 0.2) is 0 Å². The van der Waals surface area contributed by atoms with Crippen molar-refractivity contribution in [2.75, 3.05) is 0 Å². The molecule has 1 rings (SSSR count). The highest BCUT2D eigenvalue weighted by molar-refractivity contribution is 5.98. The molecule has 0 radical (unpaired) electrons. The third-order valence-electron chi connectivity index (χ3n) is 3.37. The summed E-state index contributed by atoms with van der Waals surface area (Å²) in [7, 11) is 0. The molecule has 1 aromatic carbocycles. The molecular weight excluding hydrogens is 262 g/mol. The molecule has 1 atom stereocenters. The highest BCUT2D eigenvalue weighted by Gasteiger charge is 2.16. The van der Waals surface area contributed by atoms with Gasteiger partial charge in [-0.15, -0.1) is 0 Å². The molecular formula is C18H27NO2. The van der Waals surface area contributed by atoms with Gasteiger partial charge in [-0.25, -0.2) is 0 Å². The number of oxime groups is 1. The van der Waals surface area contributed by atoms with Crippen LogP contribution in [0.5, 0.6) is 0 Å². The first-order valence-electron chi connectivity index (χ1n) is 7.64. The molecule has 0 saturated heterocycles. The SMILES string of the molecule is C/C(=N/OC(C)C)c1ccc(CC(C)C(=O)C(C)C)cc1. The second-order valence-corrected chi connectivity index (χ2v) is 6.19. The fourth-order valence-corrected chi connectivity index (χ4v) is 2.14. The van der Waals surface area contributed by atoms with Gasteiger partial charge < -0.3 is 4.84 Å². The second-order valence-electron chi connectivity index (χ2n) is 6.19. The fourth-order valence-electron chi connectivity index (χ4n) is 2.14. The molecule has 1 unspecified atom stereocenters. The van der Waals surface area contributed by atoms with Crippen molar-refractivity contribution in [2.45, 2.75) is 54.1 Å². The summed E-state index contributed by atoms with van der Waals surface area (Å²) in [6.07, 6.45) is 0.873. The average Bonchev–Trinajstić information content (AvgIpc) is 2.44. The molecule has 3 nitrogen and oxygen atoms in total. The Morgan fingerprint density at radius 1 is 1.10 bits per heavy atom. The normalized spacial score (nSPS) is 13.6. The minimum atomic E-state index is 0.0647. The second kappa shape index (κ2) is 7.96. The van der Waals surface area contributed by atoms with Crippen LogP contribution in [0.15, 0.2) is 29.4 Å². The summed E-state index contributed by atoms with van der Waals surface area (Å²) in [5.74, 6) is 0.485. The minimum absolute atomic E-state index is 0.0647. The first-order chi connectivity index (χ1) is 9.81. The van der Waals surface area contributed by atoms with Crippen molar-refractivity contribution in [2.24, 2.45) is 17.0 Å². The quantitative estimate of drug-likeness (QED) is 0.556. The third kappa shape index (κ3) is 5.70. The maximum atomic E-state index is 11.9. The number of rotatable bonds is 7. The zero-order valence-electron chi connectivity index (χ0n) is 14.0.